The van der Waals surface area contributed by atoms with Gasteiger partial charge in [0, 0.05) is 22.8 Å². The number of thioether (sulfide) groups is 1. The Morgan fingerprint density at radius 1 is 0.895 bits per heavy atom. The summed E-state index contributed by atoms with van der Waals surface area (Å²) >= 11 is 1.76. The van der Waals surface area contributed by atoms with Gasteiger partial charge in [0.15, 0.2) is 6.20 Å². The van der Waals surface area contributed by atoms with E-state index in [4.69, 9.17) is 0 Å². The van der Waals surface area contributed by atoms with Crippen LogP contribution >= 0.6 is 11.8 Å². The van der Waals surface area contributed by atoms with E-state index >= 15 is 0 Å². The first-order valence-electron chi connectivity index (χ1n) is 6.12. The molecule has 2 aromatic carbocycles. The van der Waals surface area contributed by atoms with E-state index in [2.05, 4.69) is 12.1 Å². The van der Waals surface area contributed by atoms with Crippen LogP contribution in [0.25, 0.3) is 10.9 Å². The highest BCUT2D eigenvalue weighted by Gasteiger charge is 2.08. The average Bonchev–Trinajstić information content (AvgIpc) is 2.48. The standard InChI is InChI=1S/C16H13NOS/c18-17-11-10-16(14-8-4-5-9-15(14)17)19-12-13-6-2-1-3-7-13/h1-11H,12H2. The highest BCUT2D eigenvalue weighted by Crippen LogP contribution is 2.28. The van der Waals surface area contributed by atoms with E-state index < -0.39 is 0 Å². The van der Waals surface area contributed by atoms with Crippen LogP contribution in [0, 0.1) is 5.21 Å². The third-order valence-corrected chi connectivity index (χ3v) is 4.15. The maximum absolute atomic E-state index is 11.7. The molecule has 0 amide bonds. The predicted octanol–water partition coefficient (Wildman–Crippen LogP) is 3.77. The number of pyridine rings is 1. The van der Waals surface area contributed by atoms with Crippen molar-refractivity contribution >= 4 is 22.7 Å². The lowest BCUT2D eigenvalue weighted by Crippen LogP contribution is -2.25. The van der Waals surface area contributed by atoms with Crippen LogP contribution in [-0.4, -0.2) is 0 Å². The molecule has 0 radical (unpaired) electrons. The molecule has 0 aliphatic carbocycles. The average molecular weight is 267 g/mol. The molecule has 0 aliphatic heterocycles. The van der Waals surface area contributed by atoms with Crippen LogP contribution in [-0.2, 0) is 5.75 Å². The maximum Gasteiger partial charge on any atom is 0.224 e. The molecular weight excluding hydrogens is 254 g/mol. The SMILES string of the molecule is [O-][n+]1ccc(SCc2ccccc2)c2ccccc21. The second-order valence-electron chi connectivity index (χ2n) is 4.30. The summed E-state index contributed by atoms with van der Waals surface area (Å²) in [6.07, 6.45) is 1.58. The summed E-state index contributed by atoms with van der Waals surface area (Å²) in [6.45, 7) is 0. The van der Waals surface area contributed by atoms with Crippen molar-refractivity contribution < 1.29 is 4.73 Å². The fraction of sp³-hybridized carbons (Fsp3) is 0.0625. The number of aromatic nitrogens is 1. The smallest absolute Gasteiger partial charge is 0.224 e. The molecule has 1 aromatic heterocycles. The summed E-state index contributed by atoms with van der Waals surface area (Å²) in [5, 5.41) is 12.7. The molecule has 3 aromatic rings. The van der Waals surface area contributed by atoms with Gasteiger partial charge in [0.25, 0.3) is 0 Å². The van der Waals surface area contributed by atoms with Gasteiger partial charge in [-0.15, -0.1) is 11.8 Å². The van der Waals surface area contributed by atoms with Crippen LogP contribution in [0.5, 0.6) is 0 Å². The minimum Gasteiger partial charge on any atom is -0.618 e. The third kappa shape index (κ3) is 2.56. The molecule has 0 saturated carbocycles. The summed E-state index contributed by atoms with van der Waals surface area (Å²) in [5.74, 6) is 0.910. The van der Waals surface area contributed by atoms with Gasteiger partial charge in [0.1, 0.15) is 0 Å². The van der Waals surface area contributed by atoms with Gasteiger partial charge in [-0.1, -0.05) is 42.5 Å². The third-order valence-electron chi connectivity index (χ3n) is 3.01. The largest absolute Gasteiger partial charge is 0.618 e. The Bertz CT molecular complexity index is 697. The molecule has 2 nitrogen and oxygen atoms in total. The number of rotatable bonds is 3. The van der Waals surface area contributed by atoms with Crippen LogP contribution in [0.4, 0.5) is 0 Å². The van der Waals surface area contributed by atoms with Crippen molar-refractivity contribution in [1.82, 2.24) is 0 Å². The fourth-order valence-electron chi connectivity index (χ4n) is 2.04. The Kier molecular flexibility index (Phi) is 3.38. The lowest BCUT2D eigenvalue weighted by molar-refractivity contribution is -0.577. The lowest BCUT2D eigenvalue weighted by Gasteiger charge is -2.07. The van der Waals surface area contributed by atoms with Gasteiger partial charge in [0.05, 0.1) is 5.39 Å². The number of nitrogens with zero attached hydrogens (tertiary/aromatic N) is 1. The predicted molar refractivity (Wildman–Crippen MR) is 78.9 cm³/mol. The lowest BCUT2D eigenvalue weighted by atomic mass is 10.2. The van der Waals surface area contributed by atoms with Gasteiger partial charge in [-0.05, 0) is 11.6 Å². The Morgan fingerprint density at radius 2 is 1.63 bits per heavy atom. The number of para-hydroxylation sites is 1. The topological polar surface area (TPSA) is 26.9 Å². The first-order chi connectivity index (χ1) is 9.34. The number of benzene rings is 2. The molecule has 0 N–H and O–H groups in total. The van der Waals surface area contributed by atoms with Crippen LogP contribution in [0.2, 0.25) is 0 Å². The highest BCUT2D eigenvalue weighted by molar-refractivity contribution is 7.98. The second kappa shape index (κ2) is 5.33. The normalized spacial score (nSPS) is 10.7. The Morgan fingerprint density at radius 3 is 2.47 bits per heavy atom. The van der Waals surface area contributed by atoms with E-state index in [1.807, 2.05) is 48.5 Å². The van der Waals surface area contributed by atoms with Crippen molar-refractivity contribution in [1.29, 1.82) is 0 Å². The number of hydrogen-bond donors (Lipinski definition) is 0. The van der Waals surface area contributed by atoms with Crippen molar-refractivity contribution in [3.8, 4) is 0 Å². The molecule has 0 bridgehead atoms. The van der Waals surface area contributed by atoms with Gasteiger partial charge in [-0.25, -0.2) is 0 Å². The second-order valence-corrected chi connectivity index (χ2v) is 5.31. The van der Waals surface area contributed by atoms with Crippen molar-refractivity contribution in [2.75, 3.05) is 0 Å². The molecule has 3 heteroatoms. The number of fused-ring (bicyclic) bond motifs is 1. The first kappa shape index (κ1) is 12.1. The van der Waals surface area contributed by atoms with Crippen molar-refractivity contribution in [3.05, 3.63) is 77.6 Å². The molecule has 0 spiro atoms. The van der Waals surface area contributed by atoms with Gasteiger partial charge in [-0.2, -0.15) is 4.73 Å². The molecule has 94 valence electrons. The van der Waals surface area contributed by atoms with Gasteiger partial charge in [0.2, 0.25) is 5.52 Å². The minimum absolute atomic E-state index is 0.723. The molecule has 0 atom stereocenters. The molecule has 0 aliphatic rings. The van der Waals surface area contributed by atoms with Crippen LogP contribution in [0.1, 0.15) is 5.56 Å². The zero-order valence-electron chi connectivity index (χ0n) is 10.3. The van der Waals surface area contributed by atoms with Gasteiger partial charge in [-0.3, -0.25) is 0 Å². The highest BCUT2D eigenvalue weighted by atomic mass is 32.2. The van der Waals surface area contributed by atoms with Crippen LogP contribution in [0.15, 0.2) is 71.8 Å². The maximum atomic E-state index is 11.7. The summed E-state index contributed by atoms with van der Waals surface area (Å²) < 4.78 is 0.919. The van der Waals surface area contributed by atoms with Crippen molar-refractivity contribution in [2.45, 2.75) is 10.6 Å². The summed E-state index contributed by atoms with van der Waals surface area (Å²) in [4.78, 5) is 1.14. The van der Waals surface area contributed by atoms with Gasteiger partial charge >= 0.3 is 0 Å². The van der Waals surface area contributed by atoms with Crippen molar-refractivity contribution in [3.63, 3.8) is 0 Å². The first-order valence-corrected chi connectivity index (χ1v) is 7.11. The molecular formula is C16H13NOS. The Balaban J connectivity index is 1.91. The molecule has 3 rings (SSSR count). The summed E-state index contributed by atoms with van der Waals surface area (Å²) in [6, 6.07) is 20.0. The Labute approximate surface area is 116 Å². The molecule has 1 heterocycles. The Hall–Kier alpha value is -2.00. The van der Waals surface area contributed by atoms with E-state index in [1.165, 1.54) is 5.56 Å². The molecule has 0 saturated heterocycles. The monoisotopic (exact) mass is 267 g/mol. The fourth-order valence-corrected chi connectivity index (χ4v) is 3.04. The number of hydrogen-bond acceptors (Lipinski definition) is 2. The minimum atomic E-state index is 0.723. The van der Waals surface area contributed by atoms with Crippen LogP contribution in [0.3, 0.4) is 0 Å². The molecule has 0 unspecified atom stereocenters. The zero-order chi connectivity index (χ0) is 13.1. The van der Waals surface area contributed by atoms with Crippen LogP contribution < -0.4 is 4.73 Å². The molecule has 19 heavy (non-hydrogen) atoms. The zero-order valence-corrected chi connectivity index (χ0v) is 11.1. The summed E-state index contributed by atoms with van der Waals surface area (Å²) in [7, 11) is 0. The van der Waals surface area contributed by atoms with E-state index in [1.54, 1.807) is 18.0 Å². The van der Waals surface area contributed by atoms with Gasteiger partial charge < -0.3 is 5.21 Å². The summed E-state index contributed by atoms with van der Waals surface area (Å²) in [5.41, 5.74) is 2.01. The van der Waals surface area contributed by atoms with E-state index in [9.17, 15) is 5.21 Å². The van der Waals surface area contributed by atoms with E-state index in [0.717, 1.165) is 26.3 Å². The van der Waals surface area contributed by atoms with E-state index in [-0.39, 0.29) is 0 Å². The molecule has 0 fully saturated rings. The quantitative estimate of drug-likeness (QED) is 0.410. The van der Waals surface area contributed by atoms with Crippen molar-refractivity contribution in [2.24, 2.45) is 0 Å². The van der Waals surface area contributed by atoms with E-state index in [0.29, 0.717) is 0 Å².